The van der Waals surface area contributed by atoms with Crippen molar-refractivity contribution in [3.8, 4) is 0 Å². The Labute approximate surface area is 129 Å². The molecule has 7 heteroatoms. The molecule has 0 unspecified atom stereocenters. The number of rotatable bonds is 3. The van der Waals surface area contributed by atoms with Gasteiger partial charge in [0.2, 0.25) is 15.9 Å². The van der Waals surface area contributed by atoms with Crippen molar-refractivity contribution in [1.82, 2.24) is 9.21 Å². The molecule has 1 aromatic carbocycles. The highest BCUT2D eigenvalue weighted by molar-refractivity contribution is 7.89. The van der Waals surface area contributed by atoms with Crippen molar-refractivity contribution in [3.05, 3.63) is 30.1 Å². The largest absolute Gasteiger partial charge is 0.340 e. The maximum atomic E-state index is 13.7. The molecular weight excluding hydrogens is 307 g/mol. The molecule has 0 aromatic heterocycles. The summed E-state index contributed by atoms with van der Waals surface area (Å²) >= 11 is 0. The highest BCUT2D eigenvalue weighted by Crippen LogP contribution is 2.29. The Morgan fingerprint density at radius 1 is 1.09 bits per heavy atom. The summed E-state index contributed by atoms with van der Waals surface area (Å²) in [7, 11) is -3.83. The lowest BCUT2D eigenvalue weighted by Crippen LogP contribution is -2.52. The lowest BCUT2D eigenvalue weighted by atomic mass is 9.84. The van der Waals surface area contributed by atoms with Crippen LogP contribution in [0.2, 0.25) is 0 Å². The average molecular weight is 326 g/mol. The zero-order valence-corrected chi connectivity index (χ0v) is 13.1. The van der Waals surface area contributed by atoms with E-state index in [0.29, 0.717) is 13.1 Å². The molecule has 2 aliphatic rings. The number of amides is 1. The lowest BCUT2D eigenvalue weighted by molar-refractivity contribution is -0.139. The fourth-order valence-corrected chi connectivity index (χ4v) is 4.34. The summed E-state index contributed by atoms with van der Waals surface area (Å²) in [6.07, 6.45) is 2.97. The number of hydrogen-bond acceptors (Lipinski definition) is 3. The zero-order chi connectivity index (χ0) is 15.7. The van der Waals surface area contributed by atoms with E-state index in [1.165, 1.54) is 22.5 Å². The maximum Gasteiger partial charge on any atom is 0.246 e. The minimum absolute atomic E-state index is 0.120. The van der Waals surface area contributed by atoms with Crippen molar-refractivity contribution in [1.29, 1.82) is 0 Å². The monoisotopic (exact) mass is 326 g/mol. The normalized spacial score (nSPS) is 20.7. The fraction of sp³-hybridized carbons (Fsp3) is 0.533. The van der Waals surface area contributed by atoms with Crippen LogP contribution in [0.25, 0.3) is 0 Å². The second kappa shape index (κ2) is 5.96. The molecule has 120 valence electrons. The van der Waals surface area contributed by atoms with Crippen molar-refractivity contribution in [2.24, 2.45) is 5.92 Å². The van der Waals surface area contributed by atoms with E-state index < -0.39 is 15.8 Å². The van der Waals surface area contributed by atoms with Gasteiger partial charge < -0.3 is 4.90 Å². The van der Waals surface area contributed by atoms with E-state index in [-0.39, 0.29) is 29.8 Å². The van der Waals surface area contributed by atoms with Gasteiger partial charge in [-0.25, -0.2) is 12.8 Å². The second-order valence-corrected chi connectivity index (χ2v) is 7.69. The Morgan fingerprint density at radius 2 is 1.73 bits per heavy atom. The standard InChI is InChI=1S/C15H19FN2O3S/c16-13-6-1-2-7-14(13)22(20,21)18-10-8-17(9-11-18)15(19)12-4-3-5-12/h1-2,6-7,12H,3-5,8-11H2. The Kier molecular flexibility index (Phi) is 4.18. The summed E-state index contributed by atoms with van der Waals surface area (Å²) in [6.45, 7) is 1.19. The molecule has 0 N–H and O–H groups in total. The van der Waals surface area contributed by atoms with Crippen molar-refractivity contribution in [2.45, 2.75) is 24.2 Å². The smallest absolute Gasteiger partial charge is 0.246 e. The molecule has 3 rings (SSSR count). The van der Waals surface area contributed by atoms with Crippen LogP contribution in [0, 0.1) is 11.7 Å². The molecule has 1 saturated heterocycles. The van der Waals surface area contributed by atoms with Gasteiger partial charge in [0.15, 0.2) is 0 Å². The predicted octanol–water partition coefficient (Wildman–Crippen LogP) is 1.46. The van der Waals surface area contributed by atoms with Gasteiger partial charge in [0.25, 0.3) is 0 Å². The zero-order valence-electron chi connectivity index (χ0n) is 12.2. The van der Waals surface area contributed by atoms with Crippen LogP contribution in [0.4, 0.5) is 4.39 Å². The van der Waals surface area contributed by atoms with Gasteiger partial charge in [-0.15, -0.1) is 0 Å². The lowest BCUT2D eigenvalue weighted by Gasteiger charge is -2.37. The van der Waals surface area contributed by atoms with Crippen molar-refractivity contribution < 1.29 is 17.6 Å². The molecule has 5 nitrogen and oxygen atoms in total. The summed E-state index contributed by atoms with van der Waals surface area (Å²) in [5.41, 5.74) is 0. The van der Waals surface area contributed by atoms with Gasteiger partial charge >= 0.3 is 0 Å². The van der Waals surface area contributed by atoms with Crippen LogP contribution < -0.4 is 0 Å². The summed E-state index contributed by atoms with van der Waals surface area (Å²) in [6, 6.07) is 5.38. The summed E-state index contributed by atoms with van der Waals surface area (Å²) in [4.78, 5) is 13.6. The van der Waals surface area contributed by atoms with Crippen molar-refractivity contribution in [2.75, 3.05) is 26.2 Å². The molecule has 1 heterocycles. The second-order valence-electron chi connectivity index (χ2n) is 5.79. The van der Waals surface area contributed by atoms with Gasteiger partial charge in [-0.05, 0) is 25.0 Å². The first-order valence-electron chi connectivity index (χ1n) is 7.53. The molecule has 1 aliphatic carbocycles. The van der Waals surface area contributed by atoms with Crippen LogP contribution in [-0.2, 0) is 14.8 Å². The molecular formula is C15H19FN2O3S. The van der Waals surface area contributed by atoms with Crippen LogP contribution in [0.5, 0.6) is 0 Å². The van der Waals surface area contributed by atoms with Crippen LogP contribution in [0.15, 0.2) is 29.2 Å². The molecule has 1 aromatic rings. The van der Waals surface area contributed by atoms with Crippen LogP contribution >= 0.6 is 0 Å². The SMILES string of the molecule is O=C(C1CCC1)N1CCN(S(=O)(=O)c2ccccc2F)CC1. The molecule has 0 atom stereocenters. The highest BCUT2D eigenvalue weighted by atomic mass is 32.2. The van der Waals surface area contributed by atoms with E-state index in [2.05, 4.69) is 0 Å². The van der Waals surface area contributed by atoms with Gasteiger partial charge in [0.1, 0.15) is 10.7 Å². The van der Waals surface area contributed by atoms with Crippen LogP contribution in [0.1, 0.15) is 19.3 Å². The first kappa shape index (κ1) is 15.4. The topological polar surface area (TPSA) is 57.7 Å². The fourth-order valence-electron chi connectivity index (χ4n) is 2.86. The quantitative estimate of drug-likeness (QED) is 0.845. The minimum Gasteiger partial charge on any atom is -0.340 e. The molecule has 1 saturated carbocycles. The minimum atomic E-state index is -3.83. The molecule has 0 radical (unpaired) electrons. The van der Waals surface area contributed by atoms with Gasteiger partial charge in [0, 0.05) is 32.1 Å². The molecule has 22 heavy (non-hydrogen) atoms. The molecule has 1 amide bonds. The summed E-state index contributed by atoms with van der Waals surface area (Å²) in [5, 5.41) is 0. The molecule has 0 spiro atoms. The Bertz CT molecular complexity index is 665. The van der Waals surface area contributed by atoms with Crippen LogP contribution in [0.3, 0.4) is 0 Å². The first-order valence-corrected chi connectivity index (χ1v) is 8.97. The Balaban J connectivity index is 1.68. The summed E-state index contributed by atoms with van der Waals surface area (Å²) in [5.74, 6) is -0.487. The third-order valence-corrected chi connectivity index (χ3v) is 6.39. The van der Waals surface area contributed by atoms with E-state index in [9.17, 15) is 17.6 Å². The third-order valence-electron chi connectivity index (χ3n) is 4.46. The van der Waals surface area contributed by atoms with Gasteiger partial charge in [-0.1, -0.05) is 18.6 Å². The molecule has 1 aliphatic heterocycles. The third kappa shape index (κ3) is 2.75. The van der Waals surface area contributed by atoms with Gasteiger partial charge in [0.05, 0.1) is 0 Å². The molecule has 2 fully saturated rings. The Morgan fingerprint density at radius 3 is 2.27 bits per heavy atom. The number of carbonyl (C=O) groups is 1. The first-order chi connectivity index (χ1) is 10.5. The van der Waals surface area contributed by atoms with Gasteiger partial charge in [-0.2, -0.15) is 4.31 Å². The van der Waals surface area contributed by atoms with Crippen molar-refractivity contribution >= 4 is 15.9 Å². The van der Waals surface area contributed by atoms with E-state index in [1.807, 2.05) is 0 Å². The van der Waals surface area contributed by atoms with E-state index in [1.54, 1.807) is 4.90 Å². The maximum absolute atomic E-state index is 13.7. The predicted molar refractivity (Wildman–Crippen MR) is 79.1 cm³/mol. The highest BCUT2D eigenvalue weighted by Gasteiger charge is 2.35. The number of nitrogens with zero attached hydrogens (tertiary/aromatic N) is 2. The van der Waals surface area contributed by atoms with Gasteiger partial charge in [-0.3, -0.25) is 4.79 Å². The number of benzene rings is 1. The molecule has 0 bridgehead atoms. The van der Waals surface area contributed by atoms with Crippen LogP contribution in [-0.4, -0.2) is 49.7 Å². The van der Waals surface area contributed by atoms with E-state index in [4.69, 9.17) is 0 Å². The summed E-state index contributed by atoms with van der Waals surface area (Å²) < 4.78 is 39.9. The number of halogens is 1. The number of carbonyl (C=O) groups excluding carboxylic acids is 1. The number of sulfonamides is 1. The van der Waals surface area contributed by atoms with Crippen molar-refractivity contribution in [3.63, 3.8) is 0 Å². The van der Waals surface area contributed by atoms with E-state index in [0.717, 1.165) is 25.3 Å². The number of hydrogen-bond donors (Lipinski definition) is 0. The number of piperazine rings is 1. The Hall–Kier alpha value is -1.47. The van der Waals surface area contributed by atoms with E-state index >= 15 is 0 Å². The average Bonchev–Trinajstić information content (AvgIpc) is 2.46.